The summed E-state index contributed by atoms with van der Waals surface area (Å²) in [5.74, 6) is 0.815. The smallest absolute Gasteiger partial charge is 0.182 e. The molecule has 0 fully saturated rings. The number of aromatic nitrogens is 1. The summed E-state index contributed by atoms with van der Waals surface area (Å²) in [5, 5.41) is 2.11. The molecule has 74 valence electrons. The van der Waals surface area contributed by atoms with E-state index in [1.165, 1.54) is 6.39 Å². The third-order valence-corrected chi connectivity index (χ3v) is 2.52. The highest BCUT2D eigenvalue weighted by Crippen LogP contribution is 2.32. The van der Waals surface area contributed by atoms with Gasteiger partial charge < -0.3 is 9.15 Å². The molecule has 1 heterocycles. The standard InChI is InChI=1S/C12H9NO2/c1-14-10-6-11-12(13-7-15-11)9-5-3-2-4-8(9)10/h2-7H,1H3. The van der Waals surface area contributed by atoms with Crippen molar-refractivity contribution in [2.45, 2.75) is 0 Å². The average molecular weight is 199 g/mol. The van der Waals surface area contributed by atoms with Gasteiger partial charge in [0.15, 0.2) is 12.0 Å². The molecule has 3 aromatic rings. The maximum Gasteiger partial charge on any atom is 0.182 e. The minimum atomic E-state index is 0.755. The molecule has 0 saturated heterocycles. The molecular weight excluding hydrogens is 190 g/mol. The summed E-state index contributed by atoms with van der Waals surface area (Å²) in [6, 6.07) is 9.86. The van der Waals surface area contributed by atoms with Gasteiger partial charge in [-0.05, 0) is 0 Å². The lowest BCUT2D eigenvalue weighted by Crippen LogP contribution is -1.85. The molecular formula is C12H9NO2. The van der Waals surface area contributed by atoms with Crippen LogP contribution in [0, 0.1) is 0 Å². The van der Waals surface area contributed by atoms with Gasteiger partial charge in [-0.25, -0.2) is 4.98 Å². The highest BCUT2D eigenvalue weighted by Gasteiger charge is 2.08. The lowest BCUT2D eigenvalue weighted by atomic mass is 10.1. The van der Waals surface area contributed by atoms with E-state index in [-0.39, 0.29) is 0 Å². The molecule has 15 heavy (non-hydrogen) atoms. The average Bonchev–Trinajstić information content (AvgIpc) is 2.76. The van der Waals surface area contributed by atoms with Crippen LogP contribution >= 0.6 is 0 Å². The van der Waals surface area contributed by atoms with Crippen LogP contribution in [0.5, 0.6) is 5.75 Å². The zero-order chi connectivity index (χ0) is 10.3. The number of fused-ring (bicyclic) bond motifs is 3. The van der Waals surface area contributed by atoms with E-state index < -0.39 is 0 Å². The minimum Gasteiger partial charge on any atom is -0.496 e. The van der Waals surface area contributed by atoms with Crippen molar-refractivity contribution >= 4 is 21.9 Å². The Morgan fingerprint density at radius 3 is 2.80 bits per heavy atom. The Morgan fingerprint density at radius 2 is 2.00 bits per heavy atom. The van der Waals surface area contributed by atoms with E-state index in [0.29, 0.717) is 0 Å². The van der Waals surface area contributed by atoms with Crippen LogP contribution in [-0.2, 0) is 0 Å². The summed E-state index contributed by atoms with van der Waals surface area (Å²) in [6.45, 7) is 0. The predicted octanol–water partition coefficient (Wildman–Crippen LogP) is 2.99. The van der Waals surface area contributed by atoms with E-state index in [1.54, 1.807) is 7.11 Å². The Hall–Kier alpha value is -2.03. The first kappa shape index (κ1) is 8.29. The largest absolute Gasteiger partial charge is 0.496 e. The van der Waals surface area contributed by atoms with Gasteiger partial charge in [0, 0.05) is 16.8 Å². The number of rotatable bonds is 1. The van der Waals surface area contributed by atoms with E-state index >= 15 is 0 Å². The van der Waals surface area contributed by atoms with Crippen molar-refractivity contribution in [1.29, 1.82) is 0 Å². The van der Waals surface area contributed by atoms with Crippen molar-refractivity contribution in [3.63, 3.8) is 0 Å². The van der Waals surface area contributed by atoms with Gasteiger partial charge in [0.1, 0.15) is 11.3 Å². The molecule has 0 aliphatic carbocycles. The van der Waals surface area contributed by atoms with Gasteiger partial charge in [-0.1, -0.05) is 24.3 Å². The van der Waals surface area contributed by atoms with Crippen molar-refractivity contribution in [1.82, 2.24) is 4.98 Å². The molecule has 0 aliphatic rings. The van der Waals surface area contributed by atoms with Gasteiger partial charge >= 0.3 is 0 Å². The Morgan fingerprint density at radius 1 is 1.20 bits per heavy atom. The monoisotopic (exact) mass is 199 g/mol. The highest BCUT2D eigenvalue weighted by molar-refractivity contribution is 6.06. The zero-order valence-electron chi connectivity index (χ0n) is 8.23. The highest BCUT2D eigenvalue weighted by atomic mass is 16.5. The molecule has 0 atom stereocenters. The second kappa shape index (κ2) is 2.98. The third-order valence-electron chi connectivity index (χ3n) is 2.52. The fraction of sp³-hybridized carbons (Fsp3) is 0.0833. The quantitative estimate of drug-likeness (QED) is 0.604. The summed E-state index contributed by atoms with van der Waals surface area (Å²) in [4.78, 5) is 4.20. The molecule has 3 nitrogen and oxygen atoms in total. The third kappa shape index (κ3) is 1.09. The van der Waals surface area contributed by atoms with E-state index in [0.717, 1.165) is 27.6 Å². The van der Waals surface area contributed by atoms with E-state index in [4.69, 9.17) is 9.15 Å². The first-order valence-electron chi connectivity index (χ1n) is 4.69. The van der Waals surface area contributed by atoms with Gasteiger partial charge in [-0.3, -0.25) is 0 Å². The second-order valence-corrected chi connectivity index (χ2v) is 3.32. The number of ether oxygens (including phenoxy) is 1. The maximum absolute atomic E-state index is 5.32. The fourth-order valence-electron chi connectivity index (χ4n) is 1.83. The Labute approximate surface area is 86.3 Å². The summed E-state index contributed by atoms with van der Waals surface area (Å²) in [6.07, 6.45) is 1.45. The van der Waals surface area contributed by atoms with Gasteiger partial charge in [-0.2, -0.15) is 0 Å². The lowest BCUT2D eigenvalue weighted by molar-refractivity contribution is 0.419. The van der Waals surface area contributed by atoms with Crippen molar-refractivity contribution in [2.24, 2.45) is 0 Å². The van der Waals surface area contributed by atoms with Crippen LogP contribution in [0.4, 0.5) is 0 Å². The van der Waals surface area contributed by atoms with Crippen LogP contribution in [-0.4, -0.2) is 12.1 Å². The van der Waals surface area contributed by atoms with Crippen LogP contribution in [0.1, 0.15) is 0 Å². The van der Waals surface area contributed by atoms with E-state index in [2.05, 4.69) is 4.98 Å². The van der Waals surface area contributed by atoms with Crippen molar-refractivity contribution in [3.05, 3.63) is 36.7 Å². The molecule has 0 saturated carbocycles. The topological polar surface area (TPSA) is 35.3 Å². The van der Waals surface area contributed by atoms with E-state index in [1.807, 2.05) is 30.3 Å². The SMILES string of the molecule is COc1cc2ocnc2c2ccccc12. The molecule has 0 spiro atoms. The molecule has 0 bridgehead atoms. The van der Waals surface area contributed by atoms with Crippen LogP contribution in [0.25, 0.3) is 21.9 Å². The van der Waals surface area contributed by atoms with Crippen molar-refractivity contribution in [3.8, 4) is 5.75 Å². The number of benzene rings is 2. The van der Waals surface area contributed by atoms with Crippen LogP contribution in [0.15, 0.2) is 41.1 Å². The molecule has 0 unspecified atom stereocenters. The Kier molecular flexibility index (Phi) is 1.65. The molecule has 0 N–H and O–H groups in total. The summed E-state index contributed by atoms with van der Waals surface area (Å²) < 4.78 is 10.6. The van der Waals surface area contributed by atoms with Gasteiger partial charge in [0.25, 0.3) is 0 Å². The normalized spacial score (nSPS) is 11.0. The van der Waals surface area contributed by atoms with Gasteiger partial charge in [0.2, 0.25) is 0 Å². The van der Waals surface area contributed by atoms with Crippen LogP contribution in [0.2, 0.25) is 0 Å². The molecule has 1 aromatic heterocycles. The summed E-state index contributed by atoms with van der Waals surface area (Å²) in [7, 11) is 1.66. The predicted molar refractivity (Wildman–Crippen MR) is 58.1 cm³/mol. The van der Waals surface area contributed by atoms with Crippen molar-refractivity contribution in [2.75, 3.05) is 7.11 Å². The number of nitrogens with zero attached hydrogens (tertiary/aromatic N) is 1. The summed E-state index contributed by atoms with van der Waals surface area (Å²) >= 11 is 0. The number of oxazole rings is 1. The molecule has 3 heteroatoms. The molecule has 0 amide bonds. The Bertz CT molecular complexity index is 628. The van der Waals surface area contributed by atoms with E-state index in [9.17, 15) is 0 Å². The van der Waals surface area contributed by atoms with Gasteiger partial charge in [-0.15, -0.1) is 0 Å². The molecule has 2 aromatic carbocycles. The van der Waals surface area contributed by atoms with Gasteiger partial charge in [0.05, 0.1) is 7.11 Å². The molecule has 3 rings (SSSR count). The zero-order valence-corrected chi connectivity index (χ0v) is 8.23. The first-order valence-corrected chi connectivity index (χ1v) is 4.69. The Balaban J connectivity index is 2.58. The minimum absolute atomic E-state index is 0.755. The first-order chi connectivity index (χ1) is 7.40. The second-order valence-electron chi connectivity index (χ2n) is 3.32. The number of methoxy groups -OCH3 is 1. The molecule has 0 aliphatic heterocycles. The number of hydrogen-bond acceptors (Lipinski definition) is 3. The molecule has 0 radical (unpaired) electrons. The van der Waals surface area contributed by atoms with Crippen LogP contribution in [0.3, 0.4) is 0 Å². The number of hydrogen-bond donors (Lipinski definition) is 0. The maximum atomic E-state index is 5.32. The van der Waals surface area contributed by atoms with Crippen molar-refractivity contribution < 1.29 is 9.15 Å². The summed E-state index contributed by atoms with van der Waals surface area (Å²) in [5.41, 5.74) is 1.64. The van der Waals surface area contributed by atoms with Crippen LogP contribution < -0.4 is 4.74 Å². The lowest BCUT2D eigenvalue weighted by Gasteiger charge is -2.04. The fourth-order valence-corrected chi connectivity index (χ4v) is 1.83.